The van der Waals surface area contributed by atoms with Crippen LogP contribution >= 0.6 is 0 Å². The second-order valence-corrected chi connectivity index (χ2v) is 8.84. The predicted octanol–water partition coefficient (Wildman–Crippen LogP) is 7.02. The summed E-state index contributed by atoms with van der Waals surface area (Å²) < 4.78 is 0. The molecule has 4 aromatic rings. The van der Waals surface area contributed by atoms with E-state index in [0.717, 1.165) is 50.5 Å². The van der Waals surface area contributed by atoms with E-state index in [0.29, 0.717) is 17.6 Å². The number of aryl methyl sites for hydroxylation is 1. The lowest BCUT2D eigenvalue weighted by molar-refractivity contribution is 0.898. The zero-order valence-electron chi connectivity index (χ0n) is 21.7. The van der Waals surface area contributed by atoms with Gasteiger partial charge in [-0.15, -0.1) is 0 Å². The molecule has 4 aromatic heterocycles. The van der Waals surface area contributed by atoms with Gasteiger partial charge in [0.1, 0.15) is 5.52 Å². The first-order valence-electron chi connectivity index (χ1n) is 12.2. The Morgan fingerprint density at radius 1 is 1.06 bits per heavy atom. The van der Waals surface area contributed by atoms with Gasteiger partial charge in [-0.3, -0.25) is 10.1 Å². The maximum atomic E-state index is 4.98. The summed E-state index contributed by atoms with van der Waals surface area (Å²) >= 11 is 0. The monoisotopic (exact) mass is 479 g/mol. The van der Waals surface area contributed by atoms with E-state index >= 15 is 0 Å². The van der Waals surface area contributed by atoms with Gasteiger partial charge in [0.15, 0.2) is 11.5 Å². The number of aromatic amines is 2. The lowest BCUT2D eigenvalue weighted by Gasteiger charge is -2.10. The molecular weight excluding hydrogens is 446 g/mol. The molecule has 36 heavy (non-hydrogen) atoms. The largest absolute Gasteiger partial charge is 0.382 e. The Balaban J connectivity index is 1.79. The van der Waals surface area contributed by atoms with Crippen molar-refractivity contribution in [2.24, 2.45) is 0 Å². The molecule has 7 heteroatoms. The Bertz CT molecular complexity index is 1480. The summed E-state index contributed by atoms with van der Waals surface area (Å²) in [6.07, 6.45) is 16.0. The first kappa shape index (κ1) is 24.9. The van der Waals surface area contributed by atoms with Gasteiger partial charge in [0.25, 0.3) is 0 Å². The molecule has 0 saturated carbocycles. The van der Waals surface area contributed by atoms with Crippen LogP contribution in [0.3, 0.4) is 0 Å². The van der Waals surface area contributed by atoms with E-state index in [1.165, 1.54) is 0 Å². The van der Waals surface area contributed by atoms with Gasteiger partial charge in [-0.25, -0.2) is 9.97 Å². The van der Waals surface area contributed by atoms with E-state index in [-0.39, 0.29) is 0 Å². The number of nitrogens with zero attached hydrogens (tertiary/aromatic N) is 4. The number of anilines is 1. The van der Waals surface area contributed by atoms with Crippen molar-refractivity contribution >= 4 is 22.3 Å². The van der Waals surface area contributed by atoms with Crippen molar-refractivity contribution in [3.8, 4) is 22.8 Å². The Morgan fingerprint density at radius 3 is 2.61 bits per heavy atom. The number of imidazole rings is 1. The minimum absolute atomic E-state index is 0.317. The average molecular weight is 480 g/mol. The smallest absolute Gasteiger partial charge is 0.161 e. The number of rotatable bonds is 8. The minimum atomic E-state index is 0.317. The molecule has 0 amide bonds. The highest BCUT2D eigenvalue weighted by molar-refractivity contribution is 5.90. The van der Waals surface area contributed by atoms with E-state index in [1.807, 2.05) is 70.4 Å². The molecule has 0 aromatic carbocycles. The Hall–Kier alpha value is -4.26. The molecule has 0 atom stereocenters. The number of aromatic nitrogens is 6. The van der Waals surface area contributed by atoms with E-state index in [2.05, 4.69) is 63.6 Å². The average Bonchev–Trinajstić information content (AvgIpc) is 3.46. The highest BCUT2D eigenvalue weighted by Crippen LogP contribution is 2.31. The van der Waals surface area contributed by atoms with Crippen LogP contribution in [-0.2, 0) is 0 Å². The normalized spacial score (nSPS) is 13.1. The van der Waals surface area contributed by atoms with Crippen molar-refractivity contribution in [2.45, 2.75) is 47.6 Å². The number of allylic oxidation sites excluding steroid dienone is 8. The van der Waals surface area contributed by atoms with Crippen molar-refractivity contribution in [1.82, 2.24) is 30.1 Å². The van der Waals surface area contributed by atoms with Crippen LogP contribution in [0.15, 0.2) is 72.6 Å². The van der Waals surface area contributed by atoms with Crippen LogP contribution in [0, 0.1) is 6.92 Å². The summed E-state index contributed by atoms with van der Waals surface area (Å²) in [6, 6.07) is 6.35. The number of hydrogen-bond acceptors (Lipinski definition) is 5. The molecule has 0 spiro atoms. The lowest BCUT2D eigenvalue weighted by Crippen LogP contribution is -2.09. The van der Waals surface area contributed by atoms with Crippen molar-refractivity contribution in [3.05, 3.63) is 84.0 Å². The topological polar surface area (TPSA) is 95.2 Å². The van der Waals surface area contributed by atoms with Crippen LogP contribution in [0.5, 0.6) is 0 Å². The van der Waals surface area contributed by atoms with Crippen LogP contribution in [-0.4, -0.2) is 36.2 Å². The first-order chi connectivity index (χ1) is 17.4. The SMILES string of the molecule is C\C=C/C=C(C(/C=C\C)=C/C)\c1nc(-c2n[nH]c3ccc(-c4cncc(NC(C)C)c4)nc23)[nH]c1C. The molecule has 4 heterocycles. The number of pyridine rings is 2. The molecule has 0 radical (unpaired) electrons. The molecule has 0 fully saturated rings. The van der Waals surface area contributed by atoms with Crippen LogP contribution in [0.25, 0.3) is 39.4 Å². The molecule has 0 aliphatic heterocycles. The summed E-state index contributed by atoms with van der Waals surface area (Å²) in [5.74, 6) is 0.675. The number of fused-ring (bicyclic) bond motifs is 1. The number of nitrogens with one attached hydrogen (secondary N) is 3. The molecule has 0 unspecified atom stereocenters. The van der Waals surface area contributed by atoms with Gasteiger partial charge >= 0.3 is 0 Å². The molecule has 7 nitrogen and oxygen atoms in total. The van der Waals surface area contributed by atoms with Crippen LogP contribution in [0.1, 0.15) is 46.0 Å². The van der Waals surface area contributed by atoms with Gasteiger partial charge in [0.05, 0.1) is 22.6 Å². The summed E-state index contributed by atoms with van der Waals surface area (Å²) in [7, 11) is 0. The second-order valence-electron chi connectivity index (χ2n) is 8.84. The summed E-state index contributed by atoms with van der Waals surface area (Å²) in [5, 5.41) is 11.1. The Kier molecular flexibility index (Phi) is 7.59. The van der Waals surface area contributed by atoms with Crippen LogP contribution in [0.4, 0.5) is 5.69 Å². The lowest BCUT2D eigenvalue weighted by atomic mass is 10.00. The van der Waals surface area contributed by atoms with E-state index < -0.39 is 0 Å². The highest BCUT2D eigenvalue weighted by atomic mass is 15.2. The van der Waals surface area contributed by atoms with Crippen molar-refractivity contribution in [3.63, 3.8) is 0 Å². The zero-order valence-corrected chi connectivity index (χ0v) is 21.7. The van der Waals surface area contributed by atoms with Gasteiger partial charge in [-0.1, -0.05) is 36.5 Å². The van der Waals surface area contributed by atoms with E-state index in [9.17, 15) is 0 Å². The predicted molar refractivity (Wildman–Crippen MR) is 150 cm³/mol. The zero-order chi connectivity index (χ0) is 25.7. The maximum absolute atomic E-state index is 4.98. The minimum Gasteiger partial charge on any atom is -0.382 e. The molecule has 3 N–H and O–H groups in total. The summed E-state index contributed by atoms with van der Waals surface area (Å²) in [4.78, 5) is 17.8. The van der Waals surface area contributed by atoms with E-state index in [1.54, 1.807) is 0 Å². The number of hydrogen-bond donors (Lipinski definition) is 3. The van der Waals surface area contributed by atoms with Gasteiger partial charge < -0.3 is 10.3 Å². The fourth-order valence-electron chi connectivity index (χ4n) is 4.08. The number of H-pyrrole nitrogens is 2. The van der Waals surface area contributed by atoms with Crippen molar-refractivity contribution in [1.29, 1.82) is 0 Å². The third-order valence-corrected chi connectivity index (χ3v) is 5.68. The fraction of sp³-hybridized carbons (Fsp3) is 0.241. The fourth-order valence-corrected chi connectivity index (χ4v) is 4.08. The van der Waals surface area contributed by atoms with Gasteiger partial charge in [-0.05, 0) is 65.3 Å². The van der Waals surface area contributed by atoms with E-state index in [4.69, 9.17) is 9.97 Å². The van der Waals surface area contributed by atoms with Crippen molar-refractivity contribution < 1.29 is 0 Å². The molecule has 0 saturated heterocycles. The molecule has 184 valence electrons. The summed E-state index contributed by atoms with van der Waals surface area (Å²) in [6.45, 7) is 12.3. The van der Waals surface area contributed by atoms with Gasteiger partial charge in [0, 0.05) is 35.3 Å². The molecule has 4 rings (SSSR count). The second kappa shape index (κ2) is 11.0. The quantitative estimate of drug-likeness (QED) is 0.236. The first-order valence-corrected chi connectivity index (χ1v) is 12.2. The molecule has 0 aliphatic carbocycles. The molecular formula is C29H33N7. The third kappa shape index (κ3) is 5.20. The third-order valence-electron chi connectivity index (χ3n) is 5.68. The van der Waals surface area contributed by atoms with Crippen molar-refractivity contribution in [2.75, 3.05) is 5.32 Å². The van der Waals surface area contributed by atoms with Gasteiger partial charge in [-0.2, -0.15) is 5.10 Å². The summed E-state index contributed by atoms with van der Waals surface area (Å²) in [5.41, 5.74) is 9.02. The molecule has 0 bridgehead atoms. The van der Waals surface area contributed by atoms with Crippen LogP contribution in [0.2, 0.25) is 0 Å². The van der Waals surface area contributed by atoms with Gasteiger partial charge in [0.2, 0.25) is 0 Å². The Morgan fingerprint density at radius 2 is 1.89 bits per heavy atom. The maximum Gasteiger partial charge on any atom is 0.161 e. The highest BCUT2D eigenvalue weighted by Gasteiger charge is 2.19. The molecule has 0 aliphatic rings. The Labute approximate surface area is 212 Å². The van der Waals surface area contributed by atoms with Crippen LogP contribution < -0.4 is 5.32 Å². The standard InChI is InChI=1S/C29H33N7/c1-7-10-12-23(20(9-3)11-8-2)26-19(6)32-29(34-26)28-27-25(35-36-28)14-13-24(33-27)21-15-22(17-30-16-21)31-18(4)5/h7-18,31H,1-6H3,(H,32,34)(H,35,36)/b10-7-,11-8-,20-9+,23-12-.